The number of nitrogens with one attached hydrogen (secondary N) is 1. The number of nitrogens with two attached hydrogens (primary N) is 1. The van der Waals surface area contributed by atoms with Crippen molar-refractivity contribution in [1.82, 2.24) is 30.1 Å². The standard InChI is InChI=1S/C30H39N7O4/c1-35-26-11-7-21(16-25(26)33-34-35)18-32-29(39)27-17-22(15-20-5-8-23(41-2)9-6-20)19-37(27)30(40)24(31)10-12-28(38)36-13-3-4-14-36/h5-9,11,16,22,24,27H,3-4,10,12-15,17-19,31H2,1-2H3,(H,32,39). The second-order valence-corrected chi connectivity index (χ2v) is 11.1. The molecule has 3 amide bonds. The van der Waals surface area contributed by atoms with Gasteiger partial charge in [0.25, 0.3) is 0 Å². The van der Waals surface area contributed by atoms with Crippen molar-refractivity contribution < 1.29 is 19.1 Å². The Kier molecular flexibility index (Phi) is 8.82. The number of methoxy groups -OCH3 is 1. The maximum atomic E-state index is 13.6. The fraction of sp³-hybridized carbons (Fsp3) is 0.500. The molecule has 0 radical (unpaired) electrons. The number of likely N-dealkylation sites (tertiary alicyclic amines) is 2. The van der Waals surface area contributed by atoms with E-state index in [0.29, 0.717) is 19.5 Å². The third-order valence-electron chi connectivity index (χ3n) is 8.24. The van der Waals surface area contributed by atoms with Crippen LogP contribution in [0.1, 0.15) is 43.2 Å². The first kappa shape index (κ1) is 28.5. The van der Waals surface area contributed by atoms with Gasteiger partial charge in [-0.25, -0.2) is 4.68 Å². The highest BCUT2D eigenvalue weighted by Gasteiger charge is 2.41. The molecular weight excluding hydrogens is 522 g/mol. The van der Waals surface area contributed by atoms with Crippen molar-refractivity contribution in [2.24, 2.45) is 18.7 Å². The Hall–Kier alpha value is -3.99. The third kappa shape index (κ3) is 6.67. The van der Waals surface area contributed by atoms with Crippen molar-refractivity contribution in [3.63, 3.8) is 0 Å². The predicted octanol–water partition coefficient (Wildman–Crippen LogP) is 1.78. The summed E-state index contributed by atoms with van der Waals surface area (Å²) >= 11 is 0. The number of hydrogen-bond donors (Lipinski definition) is 2. The van der Waals surface area contributed by atoms with Crippen molar-refractivity contribution in [2.75, 3.05) is 26.7 Å². The van der Waals surface area contributed by atoms with Crippen molar-refractivity contribution in [2.45, 2.75) is 57.2 Å². The molecule has 1 aromatic heterocycles. The molecule has 3 unspecified atom stereocenters. The highest BCUT2D eigenvalue weighted by atomic mass is 16.5. The monoisotopic (exact) mass is 561 g/mol. The Balaban J connectivity index is 1.25. The smallest absolute Gasteiger partial charge is 0.243 e. The Morgan fingerprint density at radius 2 is 1.83 bits per heavy atom. The third-order valence-corrected chi connectivity index (χ3v) is 8.24. The highest BCUT2D eigenvalue weighted by molar-refractivity contribution is 5.91. The molecule has 2 saturated heterocycles. The van der Waals surface area contributed by atoms with Gasteiger partial charge in [0, 0.05) is 39.6 Å². The highest BCUT2D eigenvalue weighted by Crippen LogP contribution is 2.28. The Bertz CT molecular complexity index is 1380. The van der Waals surface area contributed by atoms with Crippen LogP contribution in [-0.4, -0.2) is 81.3 Å². The lowest BCUT2D eigenvalue weighted by molar-refractivity contribution is -0.140. The number of carbonyl (C=O) groups is 3. The van der Waals surface area contributed by atoms with E-state index in [1.54, 1.807) is 16.7 Å². The van der Waals surface area contributed by atoms with Gasteiger partial charge in [-0.15, -0.1) is 5.10 Å². The summed E-state index contributed by atoms with van der Waals surface area (Å²) in [5, 5.41) is 11.2. The molecule has 11 heteroatoms. The first-order valence-electron chi connectivity index (χ1n) is 14.3. The number of rotatable bonds is 10. The number of aromatic nitrogens is 3. The van der Waals surface area contributed by atoms with Gasteiger partial charge >= 0.3 is 0 Å². The van der Waals surface area contributed by atoms with Crippen LogP contribution in [0.2, 0.25) is 0 Å². The van der Waals surface area contributed by atoms with E-state index in [4.69, 9.17) is 10.5 Å². The van der Waals surface area contributed by atoms with Crippen LogP contribution >= 0.6 is 0 Å². The quantitative estimate of drug-likeness (QED) is 0.385. The maximum absolute atomic E-state index is 13.6. The summed E-state index contributed by atoms with van der Waals surface area (Å²) in [6, 6.07) is 12.1. The summed E-state index contributed by atoms with van der Waals surface area (Å²) in [5.74, 6) is 0.424. The van der Waals surface area contributed by atoms with Crippen LogP contribution in [0.15, 0.2) is 42.5 Å². The van der Waals surface area contributed by atoms with Crippen molar-refractivity contribution in [3.8, 4) is 5.75 Å². The first-order valence-corrected chi connectivity index (χ1v) is 14.3. The molecule has 3 N–H and O–H groups in total. The van der Waals surface area contributed by atoms with E-state index >= 15 is 0 Å². The SMILES string of the molecule is COc1ccc(CC2CC(C(=O)NCc3ccc4c(c3)nnn4C)N(C(=O)C(N)CCC(=O)N3CCCC3)C2)cc1. The summed E-state index contributed by atoms with van der Waals surface area (Å²) in [4.78, 5) is 43.0. The molecule has 2 aliphatic rings. The predicted molar refractivity (Wildman–Crippen MR) is 154 cm³/mol. The molecule has 3 atom stereocenters. The molecule has 218 valence electrons. The van der Waals surface area contributed by atoms with Gasteiger partial charge in [-0.05, 0) is 73.4 Å². The van der Waals surface area contributed by atoms with E-state index in [1.165, 1.54) is 0 Å². The molecule has 0 aliphatic carbocycles. The normalized spacial score (nSPS) is 19.5. The molecule has 5 rings (SSSR count). The maximum Gasteiger partial charge on any atom is 0.243 e. The van der Waals surface area contributed by atoms with Gasteiger partial charge in [0.15, 0.2) is 0 Å². The summed E-state index contributed by atoms with van der Waals surface area (Å²) in [5.41, 5.74) is 10.0. The Morgan fingerprint density at radius 3 is 2.56 bits per heavy atom. The average molecular weight is 562 g/mol. The van der Waals surface area contributed by atoms with E-state index in [9.17, 15) is 14.4 Å². The Morgan fingerprint density at radius 1 is 1.10 bits per heavy atom. The largest absolute Gasteiger partial charge is 0.497 e. The van der Waals surface area contributed by atoms with Gasteiger partial charge in [-0.1, -0.05) is 23.4 Å². The molecule has 3 heterocycles. The molecule has 2 aliphatic heterocycles. The number of benzene rings is 2. The summed E-state index contributed by atoms with van der Waals surface area (Å²) in [6.45, 7) is 2.28. The van der Waals surface area contributed by atoms with E-state index in [1.807, 2.05) is 54.4 Å². The lowest BCUT2D eigenvalue weighted by atomic mass is 9.96. The summed E-state index contributed by atoms with van der Waals surface area (Å²) in [7, 11) is 3.46. The molecular formula is C30H39N7O4. The van der Waals surface area contributed by atoms with Crippen LogP contribution in [0.3, 0.4) is 0 Å². The number of hydrogen-bond acceptors (Lipinski definition) is 7. The van der Waals surface area contributed by atoms with Crippen LogP contribution in [0.25, 0.3) is 11.0 Å². The van der Waals surface area contributed by atoms with Crippen molar-refractivity contribution >= 4 is 28.8 Å². The molecule has 0 saturated carbocycles. The fourth-order valence-corrected chi connectivity index (χ4v) is 5.90. The second kappa shape index (κ2) is 12.7. The van der Waals surface area contributed by atoms with E-state index in [0.717, 1.165) is 60.3 Å². The number of carbonyl (C=O) groups excluding carboxylic acids is 3. The zero-order valence-corrected chi connectivity index (χ0v) is 23.8. The number of aryl methyl sites for hydroxylation is 1. The topological polar surface area (TPSA) is 136 Å². The second-order valence-electron chi connectivity index (χ2n) is 11.1. The lowest BCUT2D eigenvalue weighted by Gasteiger charge is -2.27. The van der Waals surface area contributed by atoms with Crippen LogP contribution < -0.4 is 15.8 Å². The molecule has 2 aromatic carbocycles. The van der Waals surface area contributed by atoms with Gasteiger partial charge in [-0.3, -0.25) is 14.4 Å². The minimum Gasteiger partial charge on any atom is -0.497 e. The van der Waals surface area contributed by atoms with E-state index in [2.05, 4.69) is 15.6 Å². The minimum absolute atomic E-state index is 0.0407. The van der Waals surface area contributed by atoms with Gasteiger partial charge in [0.1, 0.15) is 17.3 Å². The van der Waals surface area contributed by atoms with Crippen LogP contribution in [0.5, 0.6) is 5.75 Å². The van der Waals surface area contributed by atoms with Gasteiger partial charge in [0.2, 0.25) is 17.7 Å². The zero-order chi connectivity index (χ0) is 28.9. The van der Waals surface area contributed by atoms with Crippen molar-refractivity contribution in [1.29, 1.82) is 0 Å². The molecule has 11 nitrogen and oxygen atoms in total. The van der Waals surface area contributed by atoms with Gasteiger partial charge < -0.3 is 25.6 Å². The molecule has 2 fully saturated rings. The molecule has 0 bridgehead atoms. The van der Waals surface area contributed by atoms with E-state index in [-0.39, 0.29) is 36.5 Å². The molecule has 0 spiro atoms. The lowest BCUT2D eigenvalue weighted by Crippen LogP contribution is -2.51. The fourth-order valence-electron chi connectivity index (χ4n) is 5.90. The minimum atomic E-state index is -0.837. The Labute approximate surface area is 240 Å². The average Bonchev–Trinajstić information content (AvgIpc) is 3.75. The van der Waals surface area contributed by atoms with Gasteiger partial charge in [-0.2, -0.15) is 0 Å². The first-order chi connectivity index (χ1) is 19.8. The number of amides is 3. The van der Waals surface area contributed by atoms with Crippen LogP contribution in [-0.2, 0) is 34.4 Å². The van der Waals surface area contributed by atoms with Gasteiger partial charge in [0.05, 0.1) is 18.7 Å². The van der Waals surface area contributed by atoms with Crippen LogP contribution in [0, 0.1) is 5.92 Å². The van der Waals surface area contributed by atoms with Crippen LogP contribution in [0.4, 0.5) is 0 Å². The number of ether oxygens (including phenoxy) is 1. The van der Waals surface area contributed by atoms with E-state index < -0.39 is 12.1 Å². The summed E-state index contributed by atoms with van der Waals surface area (Å²) < 4.78 is 6.97. The molecule has 3 aromatic rings. The number of nitrogens with zero attached hydrogens (tertiary/aromatic N) is 5. The summed E-state index contributed by atoms with van der Waals surface area (Å²) in [6.07, 6.45) is 3.79. The zero-order valence-electron chi connectivity index (χ0n) is 23.8. The number of fused-ring (bicyclic) bond motifs is 1. The molecule has 41 heavy (non-hydrogen) atoms. The van der Waals surface area contributed by atoms with Crippen molar-refractivity contribution in [3.05, 3.63) is 53.6 Å².